The molecule has 6 heteroatoms. The summed E-state index contributed by atoms with van der Waals surface area (Å²) < 4.78 is 24.3. The fourth-order valence-corrected chi connectivity index (χ4v) is 3.89. The molecule has 0 saturated carbocycles. The summed E-state index contributed by atoms with van der Waals surface area (Å²) in [6, 6.07) is 19.9. The van der Waals surface area contributed by atoms with Crippen LogP contribution in [0.3, 0.4) is 0 Å². The molecule has 0 aromatic heterocycles. The second-order valence-corrected chi connectivity index (χ2v) is 7.19. The molecule has 1 atom stereocenters. The summed E-state index contributed by atoms with van der Waals surface area (Å²) in [5.41, 5.74) is 2.64. The van der Waals surface area contributed by atoms with Crippen molar-refractivity contribution in [1.29, 1.82) is 0 Å². The van der Waals surface area contributed by atoms with Crippen molar-refractivity contribution in [2.45, 2.75) is 12.6 Å². The molecule has 0 fully saturated rings. The number of hydrogen-bond acceptors (Lipinski definition) is 4. The summed E-state index contributed by atoms with van der Waals surface area (Å²) in [6.07, 6.45) is 0. The first-order valence-corrected chi connectivity index (χ1v) is 9.79. The van der Waals surface area contributed by atoms with Crippen LogP contribution < -0.4 is 9.47 Å². The molecule has 1 amide bonds. The topological polar surface area (TPSA) is 59.0 Å². The third-order valence-corrected chi connectivity index (χ3v) is 5.42. The summed E-state index contributed by atoms with van der Waals surface area (Å²) >= 11 is 0. The fourth-order valence-electron chi connectivity index (χ4n) is 3.89. The Labute approximate surface area is 180 Å². The quantitative estimate of drug-likeness (QED) is 0.618. The van der Waals surface area contributed by atoms with E-state index in [1.165, 1.54) is 12.1 Å². The van der Waals surface area contributed by atoms with Crippen molar-refractivity contribution < 1.29 is 23.8 Å². The molecule has 3 aromatic rings. The van der Waals surface area contributed by atoms with Gasteiger partial charge in [0.15, 0.2) is 5.76 Å². The van der Waals surface area contributed by atoms with Crippen molar-refractivity contribution in [3.05, 3.63) is 101 Å². The molecule has 0 aliphatic carbocycles. The molecule has 1 aliphatic rings. The Hall–Kier alpha value is -3.80. The van der Waals surface area contributed by atoms with Crippen LogP contribution in [0.5, 0.6) is 11.5 Å². The number of aliphatic hydroxyl groups excluding tert-OH is 1. The van der Waals surface area contributed by atoms with Gasteiger partial charge in [0.25, 0.3) is 5.91 Å². The number of benzene rings is 3. The molecule has 0 radical (unpaired) electrons. The van der Waals surface area contributed by atoms with Gasteiger partial charge in [-0.1, -0.05) is 42.5 Å². The van der Waals surface area contributed by atoms with Gasteiger partial charge < -0.3 is 19.5 Å². The van der Waals surface area contributed by atoms with Crippen LogP contribution in [0, 0.1) is 5.82 Å². The summed E-state index contributed by atoms with van der Waals surface area (Å²) in [5, 5.41) is 10.9. The average molecular weight is 419 g/mol. The van der Waals surface area contributed by atoms with Gasteiger partial charge >= 0.3 is 0 Å². The molecule has 0 bridgehead atoms. The molecular weight excluding hydrogens is 397 g/mol. The molecule has 4 rings (SSSR count). The Bertz CT molecular complexity index is 1120. The van der Waals surface area contributed by atoms with Crippen LogP contribution in [-0.2, 0) is 11.3 Å². The zero-order valence-electron chi connectivity index (χ0n) is 17.2. The van der Waals surface area contributed by atoms with Crippen LogP contribution in [0.15, 0.2) is 78.6 Å². The van der Waals surface area contributed by atoms with Crippen LogP contribution in [0.1, 0.15) is 22.7 Å². The van der Waals surface area contributed by atoms with E-state index in [1.54, 1.807) is 55.5 Å². The Kier molecular flexibility index (Phi) is 5.62. The number of methoxy groups -OCH3 is 2. The number of aliphatic hydroxyl groups is 1. The molecule has 1 aliphatic heterocycles. The van der Waals surface area contributed by atoms with E-state index in [0.717, 1.165) is 5.56 Å². The van der Waals surface area contributed by atoms with Crippen molar-refractivity contribution in [3.8, 4) is 11.5 Å². The van der Waals surface area contributed by atoms with Gasteiger partial charge in [-0.05, 0) is 41.5 Å². The Balaban J connectivity index is 1.81. The fraction of sp³-hybridized carbons (Fsp3) is 0.160. The normalized spacial score (nSPS) is 16.0. The minimum absolute atomic E-state index is 0.217. The van der Waals surface area contributed by atoms with E-state index in [0.29, 0.717) is 28.2 Å². The van der Waals surface area contributed by atoms with E-state index >= 15 is 0 Å². The van der Waals surface area contributed by atoms with Crippen molar-refractivity contribution in [1.82, 2.24) is 4.90 Å². The lowest BCUT2D eigenvalue weighted by Crippen LogP contribution is -2.30. The van der Waals surface area contributed by atoms with Gasteiger partial charge in [0, 0.05) is 11.1 Å². The van der Waals surface area contributed by atoms with Crippen molar-refractivity contribution in [2.24, 2.45) is 0 Å². The summed E-state index contributed by atoms with van der Waals surface area (Å²) in [6.45, 7) is 0.217. The van der Waals surface area contributed by atoms with Crippen LogP contribution in [0.2, 0.25) is 0 Å². The number of amides is 1. The zero-order valence-corrected chi connectivity index (χ0v) is 17.2. The largest absolute Gasteiger partial charge is 0.503 e. The maximum Gasteiger partial charge on any atom is 0.290 e. The first-order valence-electron chi connectivity index (χ1n) is 9.79. The van der Waals surface area contributed by atoms with Gasteiger partial charge in [0.1, 0.15) is 17.3 Å². The molecule has 31 heavy (non-hydrogen) atoms. The first-order chi connectivity index (χ1) is 15.0. The van der Waals surface area contributed by atoms with Crippen LogP contribution in [0.4, 0.5) is 4.39 Å². The van der Waals surface area contributed by atoms with Gasteiger partial charge in [-0.25, -0.2) is 4.39 Å². The zero-order chi connectivity index (χ0) is 22.0. The number of nitrogens with zero attached hydrogens (tertiary/aromatic N) is 1. The molecule has 158 valence electrons. The van der Waals surface area contributed by atoms with Gasteiger partial charge in [-0.3, -0.25) is 4.79 Å². The highest BCUT2D eigenvalue weighted by atomic mass is 19.1. The Morgan fingerprint density at radius 2 is 1.61 bits per heavy atom. The van der Waals surface area contributed by atoms with Gasteiger partial charge in [0.05, 0.1) is 26.8 Å². The molecule has 0 spiro atoms. The van der Waals surface area contributed by atoms with Gasteiger partial charge in [-0.15, -0.1) is 0 Å². The van der Waals surface area contributed by atoms with E-state index in [-0.39, 0.29) is 18.1 Å². The van der Waals surface area contributed by atoms with Gasteiger partial charge in [-0.2, -0.15) is 0 Å². The molecule has 5 nitrogen and oxygen atoms in total. The molecule has 1 N–H and O–H groups in total. The highest BCUT2D eigenvalue weighted by Gasteiger charge is 2.41. The van der Waals surface area contributed by atoms with Gasteiger partial charge in [0.2, 0.25) is 0 Å². The SMILES string of the molecule is COc1ccc(C2=C(O)C(=O)N(Cc3ccccc3OC)[C@@H]2c2ccc(F)cc2)cc1. The van der Waals surface area contributed by atoms with E-state index in [9.17, 15) is 14.3 Å². The number of carbonyl (C=O) groups excluding carboxylic acids is 1. The van der Waals surface area contributed by atoms with Crippen molar-refractivity contribution in [2.75, 3.05) is 14.2 Å². The molecule has 1 heterocycles. The van der Waals surface area contributed by atoms with Crippen LogP contribution in [-0.4, -0.2) is 30.1 Å². The monoisotopic (exact) mass is 419 g/mol. The number of hydrogen-bond donors (Lipinski definition) is 1. The maximum atomic E-state index is 13.6. The number of halogens is 1. The molecule has 0 saturated heterocycles. The third-order valence-electron chi connectivity index (χ3n) is 5.42. The lowest BCUT2D eigenvalue weighted by molar-refractivity contribution is -0.130. The second-order valence-electron chi connectivity index (χ2n) is 7.19. The summed E-state index contributed by atoms with van der Waals surface area (Å²) in [7, 11) is 3.14. The highest BCUT2D eigenvalue weighted by Crippen LogP contribution is 2.44. The number of ether oxygens (including phenoxy) is 2. The molecular formula is C25H22FNO4. The van der Waals surface area contributed by atoms with Crippen LogP contribution >= 0.6 is 0 Å². The van der Waals surface area contributed by atoms with Crippen molar-refractivity contribution in [3.63, 3.8) is 0 Å². The smallest absolute Gasteiger partial charge is 0.290 e. The molecule has 3 aromatic carbocycles. The summed E-state index contributed by atoms with van der Waals surface area (Å²) in [5.74, 6) is 0.118. The standard InChI is InChI=1S/C25H22FNO4/c1-30-20-13-9-16(10-14-20)22-23(17-7-11-19(26)12-8-17)27(25(29)24(22)28)15-18-5-3-4-6-21(18)31-2/h3-14,23,28H,15H2,1-2H3/t23-/m1/s1. The number of carbonyl (C=O) groups is 1. The number of para-hydroxylation sites is 1. The van der Waals surface area contributed by atoms with Crippen LogP contribution in [0.25, 0.3) is 5.57 Å². The second kappa shape index (κ2) is 8.52. The lowest BCUT2D eigenvalue weighted by atomic mass is 9.93. The third kappa shape index (κ3) is 3.84. The predicted octanol–water partition coefficient (Wildman–Crippen LogP) is 4.90. The maximum absolute atomic E-state index is 13.6. The lowest BCUT2D eigenvalue weighted by Gasteiger charge is -2.28. The minimum atomic E-state index is -0.591. The summed E-state index contributed by atoms with van der Waals surface area (Å²) in [4.78, 5) is 14.7. The Morgan fingerprint density at radius 3 is 2.26 bits per heavy atom. The average Bonchev–Trinajstić information content (AvgIpc) is 3.05. The number of rotatable bonds is 6. The first kappa shape index (κ1) is 20.5. The molecule has 0 unspecified atom stereocenters. The highest BCUT2D eigenvalue weighted by molar-refractivity contribution is 6.05. The van der Waals surface area contributed by atoms with E-state index < -0.39 is 11.9 Å². The van der Waals surface area contributed by atoms with E-state index in [2.05, 4.69) is 0 Å². The van der Waals surface area contributed by atoms with E-state index in [4.69, 9.17) is 9.47 Å². The van der Waals surface area contributed by atoms with E-state index in [1.807, 2.05) is 24.3 Å². The Morgan fingerprint density at radius 1 is 0.935 bits per heavy atom. The predicted molar refractivity (Wildman–Crippen MR) is 115 cm³/mol. The van der Waals surface area contributed by atoms with Crippen molar-refractivity contribution >= 4 is 11.5 Å². The minimum Gasteiger partial charge on any atom is -0.503 e.